The number of amides is 1. The van der Waals surface area contributed by atoms with Crippen molar-refractivity contribution in [1.29, 1.82) is 0 Å². The number of hydrogen-bond donors (Lipinski definition) is 1. The van der Waals surface area contributed by atoms with Gasteiger partial charge in [0.05, 0.1) is 27.4 Å². The van der Waals surface area contributed by atoms with Crippen molar-refractivity contribution in [2.45, 2.75) is 6.04 Å². The Morgan fingerprint density at radius 3 is 2.10 bits per heavy atom. The third kappa shape index (κ3) is 5.61. The minimum absolute atomic E-state index is 0.0527. The quantitative estimate of drug-likeness (QED) is 0.671. The van der Waals surface area contributed by atoms with Crippen LogP contribution in [0, 0.1) is 0 Å². The molecule has 0 aliphatic carbocycles. The summed E-state index contributed by atoms with van der Waals surface area (Å²) < 4.78 is 16.1. The predicted molar refractivity (Wildman–Crippen MR) is 122 cm³/mol. The molecule has 0 bridgehead atoms. The monoisotopic (exact) mass is 447 g/mol. The number of carbonyl (C=O) groups excluding carboxylic acids is 1. The number of methoxy groups -OCH3 is 3. The number of carbonyl (C=O) groups is 1. The van der Waals surface area contributed by atoms with E-state index in [1.165, 1.54) is 21.3 Å². The van der Waals surface area contributed by atoms with Crippen LogP contribution in [0.3, 0.4) is 0 Å². The zero-order valence-corrected chi connectivity index (χ0v) is 19.2. The van der Waals surface area contributed by atoms with Gasteiger partial charge in [0.1, 0.15) is 0 Å². The van der Waals surface area contributed by atoms with Crippen molar-refractivity contribution in [3.8, 4) is 17.2 Å². The van der Waals surface area contributed by atoms with Crippen molar-refractivity contribution in [3.63, 3.8) is 0 Å². The molecule has 1 saturated heterocycles. The summed E-state index contributed by atoms with van der Waals surface area (Å²) in [4.78, 5) is 17.7. The Kier molecular flexibility index (Phi) is 8.01. The van der Waals surface area contributed by atoms with Gasteiger partial charge in [-0.2, -0.15) is 0 Å². The fourth-order valence-electron chi connectivity index (χ4n) is 3.78. The van der Waals surface area contributed by atoms with Gasteiger partial charge in [-0.05, 0) is 36.9 Å². The zero-order chi connectivity index (χ0) is 22.4. The average Bonchev–Trinajstić information content (AvgIpc) is 2.80. The molecule has 0 radical (unpaired) electrons. The van der Waals surface area contributed by atoms with Gasteiger partial charge in [-0.3, -0.25) is 9.69 Å². The first-order valence-electron chi connectivity index (χ1n) is 10.2. The SMILES string of the molecule is COc1cc(C(=O)NC[C@H](c2ccc(Cl)cc2)N2CCN(C)CC2)cc(OC)c1OC. The summed E-state index contributed by atoms with van der Waals surface area (Å²) in [7, 11) is 6.72. The summed E-state index contributed by atoms with van der Waals surface area (Å²) in [5.74, 6) is 1.14. The van der Waals surface area contributed by atoms with Crippen LogP contribution >= 0.6 is 11.6 Å². The number of hydrogen-bond acceptors (Lipinski definition) is 6. The van der Waals surface area contributed by atoms with Gasteiger partial charge in [0.25, 0.3) is 5.91 Å². The summed E-state index contributed by atoms with van der Waals surface area (Å²) in [5, 5.41) is 3.78. The number of ether oxygens (including phenoxy) is 3. The molecule has 0 aromatic heterocycles. The van der Waals surface area contributed by atoms with Crippen LogP contribution in [-0.2, 0) is 0 Å². The maximum absolute atomic E-state index is 13.0. The first-order chi connectivity index (χ1) is 15.0. The second kappa shape index (κ2) is 10.7. The summed E-state index contributed by atoms with van der Waals surface area (Å²) in [5.41, 5.74) is 1.57. The number of likely N-dealkylation sites (N-methyl/N-ethyl adjacent to an activating group) is 1. The third-order valence-electron chi connectivity index (χ3n) is 5.62. The van der Waals surface area contributed by atoms with Gasteiger partial charge in [-0.25, -0.2) is 0 Å². The number of piperazine rings is 1. The van der Waals surface area contributed by atoms with Crippen molar-refractivity contribution in [3.05, 3.63) is 52.5 Å². The molecule has 1 aliphatic rings. The fraction of sp³-hybridized carbons (Fsp3) is 0.435. The van der Waals surface area contributed by atoms with Crippen LogP contribution in [0.25, 0.3) is 0 Å². The lowest BCUT2D eigenvalue weighted by molar-refractivity contribution is 0.0885. The van der Waals surface area contributed by atoms with Gasteiger partial charge in [0.15, 0.2) is 11.5 Å². The average molecular weight is 448 g/mol. The first-order valence-corrected chi connectivity index (χ1v) is 10.6. The van der Waals surface area contributed by atoms with Crippen LogP contribution in [0.4, 0.5) is 0 Å². The van der Waals surface area contributed by atoms with E-state index in [1.807, 2.05) is 24.3 Å². The highest BCUT2D eigenvalue weighted by atomic mass is 35.5. The molecule has 0 saturated carbocycles. The van der Waals surface area contributed by atoms with Crippen LogP contribution in [0.5, 0.6) is 17.2 Å². The van der Waals surface area contributed by atoms with E-state index in [0.29, 0.717) is 34.4 Å². The Morgan fingerprint density at radius 2 is 1.58 bits per heavy atom. The van der Waals surface area contributed by atoms with E-state index >= 15 is 0 Å². The minimum atomic E-state index is -0.202. The van der Waals surface area contributed by atoms with Crippen molar-refractivity contribution >= 4 is 17.5 Å². The first kappa shape index (κ1) is 23.2. The molecule has 2 aromatic rings. The molecule has 1 aliphatic heterocycles. The molecule has 3 rings (SSSR count). The molecule has 7 nitrogen and oxygen atoms in total. The van der Waals surface area contributed by atoms with Crippen LogP contribution < -0.4 is 19.5 Å². The van der Waals surface area contributed by atoms with Gasteiger partial charge in [-0.15, -0.1) is 0 Å². The van der Waals surface area contributed by atoms with Crippen molar-refractivity contribution in [2.75, 3.05) is 61.1 Å². The minimum Gasteiger partial charge on any atom is -0.493 e. The van der Waals surface area contributed by atoms with Crippen LogP contribution in [0.2, 0.25) is 5.02 Å². The molecule has 2 aromatic carbocycles. The van der Waals surface area contributed by atoms with E-state index in [1.54, 1.807) is 12.1 Å². The summed E-state index contributed by atoms with van der Waals surface area (Å²) in [6.07, 6.45) is 0. The fourth-order valence-corrected chi connectivity index (χ4v) is 3.91. The number of nitrogens with zero attached hydrogens (tertiary/aromatic N) is 2. The Balaban J connectivity index is 1.79. The maximum Gasteiger partial charge on any atom is 0.251 e. The second-order valence-corrected chi connectivity index (χ2v) is 7.97. The molecule has 0 unspecified atom stereocenters. The Labute approximate surface area is 188 Å². The number of rotatable bonds is 8. The lowest BCUT2D eigenvalue weighted by atomic mass is 10.0. The molecule has 0 spiro atoms. The molecule has 1 amide bonds. The van der Waals surface area contributed by atoms with Crippen LogP contribution in [-0.4, -0.2) is 76.8 Å². The maximum atomic E-state index is 13.0. The van der Waals surface area contributed by atoms with Crippen molar-refractivity contribution < 1.29 is 19.0 Å². The Bertz CT molecular complexity index is 858. The highest BCUT2D eigenvalue weighted by Gasteiger charge is 2.25. The highest BCUT2D eigenvalue weighted by molar-refractivity contribution is 6.30. The topological polar surface area (TPSA) is 63.3 Å². The lowest BCUT2D eigenvalue weighted by Gasteiger charge is -2.38. The summed E-state index contributed by atoms with van der Waals surface area (Å²) in [6.45, 7) is 4.32. The van der Waals surface area contributed by atoms with Crippen LogP contribution in [0.15, 0.2) is 36.4 Å². The normalized spacial score (nSPS) is 15.9. The summed E-state index contributed by atoms with van der Waals surface area (Å²) in [6, 6.07) is 11.2. The standard InChI is InChI=1S/C23H30ClN3O4/c1-26-9-11-27(12-10-26)19(16-5-7-18(24)8-6-16)15-25-23(28)17-13-20(29-2)22(31-4)21(14-17)30-3/h5-8,13-14,19H,9-12,15H2,1-4H3,(H,25,28)/t19-/m1/s1. The van der Waals surface area contributed by atoms with Crippen molar-refractivity contribution in [1.82, 2.24) is 15.1 Å². The molecular weight excluding hydrogens is 418 g/mol. The largest absolute Gasteiger partial charge is 0.493 e. The van der Waals surface area contributed by atoms with E-state index in [0.717, 1.165) is 31.7 Å². The van der Waals surface area contributed by atoms with Crippen molar-refractivity contribution in [2.24, 2.45) is 0 Å². The lowest BCUT2D eigenvalue weighted by Crippen LogP contribution is -2.48. The van der Waals surface area contributed by atoms with E-state index in [-0.39, 0.29) is 11.9 Å². The molecular formula is C23H30ClN3O4. The number of nitrogens with one attached hydrogen (secondary N) is 1. The van der Waals surface area contributed by atoms with Crippen LogP contribution in [0.1, 0.15) is 22.0 Å². The van der Waals surface area contributed by atoms with Gasteiger partial charge < -0.3 is 24.4 Å². The number of benzene rings is 2. The molecule has 1 fully saturated rings. The van der Waals surface area contributed by atoms with Gasteiger partial charge >= 0.3 is 0 Å². The van der Waals surface area contributed by atoms with E-state index in [4.69, 9.17) is 25.8 Å². The second-order valence-electron chi connectivity index (χ2n) is 7.53. The molecule has 31 heavy (non-hydrogen) atoms. The Morgan fingerprint density at radius 1 is 1.00 bits per heavy atom. The number of halogens is 1. The third-order valence-corrected chi connectivity index (χ3v) is 5.87. The summed E-state index contributed by atoms with van der Waals surface area (Å²) >= 11 is 6.09. The highest BCUT2D eigenvalue weighted by Crippen LogP contribution is 2.38. The molecule has 1 N–H and O–H groups in total. The smallest absolute Gasteiger partial charge is 0.251 e. The molecule has 168 valence electrons. The van der Waals surface area contributed by atoms with Gasteiger partial charge in [0, 0.05) is 43.3 Å². The van der Waals surface area contributed by atoms with Gasteiger partial charge in [0.2, 0.25) is 5.75 Å². The Hall–Kier alpha value is -2.48. The molecule has 1 atom stereocenters. The van der Waals surface area contributed by atoms with E-state index in [2.05, 4.69) is 22.2 Å². The van der Waals surface area contributed by atoms with Gasteiger partial charge in [-0.1, -0.05) is 23.7 Å². The molecule has 1 heterocycles. The van der Waals surface area contributed by atoms with E-state index in [9.17, 15) is 4.79 Å². The zero-order valence-electron chi connectivity index (χ0n) is 18.5. The van der Waals surface area contributed by atoms with E-state index < -0.39 is 0 Å². The molecule has 8 heteroatoms. The predicted octanol–water partition coefficient (Wildman–Crippen LogP) is 3.08.